The number of rotatable bonds is 2. The molecule has 0 aliphatic carbocycles. The molecule has 0 N–H and O–H groups in total. The number of carbonyl (C=O) groups excluding carboxylic acids is 2. The van der Waals surface area contributed by atoms with Gasteiger partial charge >= 0.3 is 0 Å². The van der Waals surface area contributed by atoms with E-state index in [4.69, 9.17) is 9.47 Å². The summed E-state index contributed by atoms with van der Waals surface area (Å²) in [7, 11) is 0. The molecule has 1 aromatic heterocycles. The van der Waals surface area contributed by atoms with Crippen LogP contribution in [-0.4, -0.2) is 79.2 Å². The van der Waals surface area contributed by atoms with Gasteiger partial charge in [0.05, 0.1) is 26.4 Å². The van der Waals surface area contributed by atoms with Crippen LogP contribution < -0.4 is 0 Å². The van der Waals surface area contributed by atoms with Crippen LogP contribution in [0, 0.1) is 0 Å². The second-order valence-corrected chi connectivity index (χ2v) is 5.24. The summed E-state index contributed by atoms with van der Waals surface area (Å²) in [6, 6.07) is 3.23. The van der Waals surface area contributed by atoms with Crippen LogP contribution in [0.4, 0.5) is 0 Å². The molecule has 0 saturated carbocycles. The molecule has 2 aliphatic heterocycles. The van der Waals surface area contributed by atoms with Crippen molar-refractivity contribution in [3.8, 4) is 0 Å². The predicted molar refractivity (Wildman–Crippen MR) is 77.7 cm³/mol. The van der Waals surface area contributed by atoms with Crippen LogP contribution in [-0.2, 0) is 9.47 Å². The van der Waals surface area contributed by atoms with Crippen LogP contribution >= 0.6 is 0 Å². The molecule has 0 atom stereocenters. The zero-order valence-electron chi connectivity index (χ0n) is 12.4. The van der Waals surface area contributed by atoms with Gasteiger partial charge in [-0.05, 0) is 12.1 Å². The van der Waals surface area contributed by atoms with Crippen LogP contribution in [0.25, 0.3) is 0 Å². The topological polar surface area (TPSA) is 72.0 Å². The Hall–Kier alpha value is -1.99. The summed E-state index contributed by atoms with van der Waals surface area (Å²) in [6.07, 6.45) is 1.52. The minimum atomic E-state index is -0.153. The fraction of sp³-hybridized carbons (Fsp3) is 0.533. The summed E-state index contributed by atoms with van der Waals surface area (Å²) < 4.78 is 10.5. The zero-order valence-corrected chi connectivity index (χ0v) is 12.4. The maximum atomic E-state index is 12.4. The zero-order chi connectivity index (χ0) is 15.4. The number of aromatic nitrogens is 1. The Balaban J connectivity index is 1.73. The molecule has 0 radical (unpaired) electrons. The van der Waals surface area contributed by atoms with E-state index < -0.39 is 0 Å². The molecule has 1 aromatic rings. The highest BCUT2D eigenvalue weighted by atomic mass is 16.5. The summed E-state index contributed by atoms with van der Waals surface area (Å²) in [5.41, 5.74) is 0.800. The van der Waals surface area contributed by atoms with Crippen molar-refractivity contribution in [1.82, 2.24) is 14.8 Å². The molecular formula is C15H19N3O4. The van der Waals surface area contributed by atoms with Gasteiger partial charge in [0.2, 0.25) is 0 Å². The number of nitrogens with zero attached hydrogens (tertiary/aromatic N) is 3. The quantitative estimate of drug-likeness (QED) is 0.770. The molecule has 2 aliphatic rings. The Morgan fingerprint density at radius 2 is 1.45 bits per heavy atom. The number of ether oxygens (including phenoxy) is 2. The van der Waals surface area contributed by atoms with Gasteiger partial charge in [0.15, 0.2) is 0 Å². The number of morpholine rings is 2. The lowest BCUT2D eigenvalue weighted by Gasteiger charge is -2.28. The summed E-state index contributed by atoms with van der Waals surface area (Å²) in [6.45, 7) is 4.45. The molecule has 0 unspecified atom stereocenters. The molecule has 3 rings (SSSR count). The third-order valence-corrected chi connectivity index (χ3v) is 3.82. The van der Waals surface area contributed by atoms with Crippen molar-refractivity contribution < 1.29 is 19.1 Å². The molecule has 3 heterocycles. The second-order valence-electron chi connectivity index (χ2n) is 5.24. The van der Waals surface area contributed by atoms with Crippen LogP contribution in [0.2, 0.25) is 0 Å². The molecule has 0 spiro atoms. The monoisotopic (exact) mass is 305 g/mol. The van der Waals surface area contributed by atoms with Crippen molar-refractivity contribution >= 4 is 11.8 Å². The third kappa shape index (κ3) is 3.26. The van der Waals surface area contributed by atoms with E-state index in [1.807, 2.05) is 0 Å². The van der Waals surface area contributed by atoms with E-state index in [0.717, 1.165) is 0 Å². The van der Waals surface area contributed by atoms with Crippen molar-refractivity contribution in [3.05, 3.63) is 29.6 Å². The van der Waals surface area contributed by atoms with E-state index >= 15 is 0 Å². The van der Waals surface area contributed by atoms with Crippen molar-refractivity contribution in [2.24, 2.45) is 0 Å². The lowest BCUT2D eigenvalue weighted by molar-refractivity contribution is 0.0295. The van der Waals surface area contributed by atoms with Gasteiger partial charge in [0, 0.05) is 37.9 Å². The van der Waals surface area contributed by atoms with Gasteiger partial charge in [-0.1, -0.05) is 0 Å². The van der Waals surface area contributed by atoms with Crippen LogP contribution in [0.15, 0.2) is 18.3 Å². The van der Waals surface area contributed by atoms with E-state index in [1.54, 1.807) is 21.9 Å². The van der Waals surface area contributed by atoms with Gasteiger partial charge in [-0.15, -0.1) is 0 Å². The SMILES string of the molecule is O=C(c1ccnc(C(=O)N2CCOCC2)c1)N1CCOCC1. The molecule has 2 fully saturated rings. The van der Waals surface area contributed by atoms with Gasteiger partial charge < -0.3 is 19.3 Å². The molecule has 118 valence electrons. The Morgan fingerprint density at radius 1 is 0.909 bits per heavy atom. The maximum absolute atomic E-state index is 12.4. The van der Waals surface area contributed by atoms with E-state index in [2.05, 4.69) is 4.98 Å². The first-order valence-electron chi connectivity index (χ1n) is 7.46. The number of hydrogen-bond acceptors (Lipinski definition) is 5. The molecule has 0 aromatic carbocycles. The highest BCUT2D eigenvalue weighted by Crippen LogP contribution is 2.11. The average Bonchev–Trinajstić information content (AvgIpc) is 2.62. The van der Waals surface area contributed by atoms with Gasteiger partial charge in [0.1, 0.15) is 5.69 Å². The average molecular weight is 305 g/mol. The smallest absolute Gasteiger partial charge is 0.272 e. The van der Waals surface area contributed by atoms with Crippen LogP contribution in [0.1, 0.15) is 20.8 Å². The Kier molecular flexibility index (Phi) is 4.65. The fourth-order valence-corrected chi connectivity index (χ4v) is 2.56. The molecule has 2 saturated heterocycles. The lowest BCUT2D eigenvalue weighted by atomic mass is 10.1. The van der Waals surface area contributed by atoms with Gasteiger partial charge in [-0.25, -0.2) is 0 Å². The molecule has 7 heteroatoms. The van der Waals surface area contributed by atoms with Crippen molar-refractivity contribution in [2.45, 2.75) is 0 Å². The number of pyridine rings is 1. The highest BCUT2D eigenvalue weighted by Gasteiger charge is 2.23. The molecule has 7 nitrogen and oxygen atoms in total. The molecule has 2 amide bonds. The number of carbonyl (C=O) groups is 2. The minimum Gasteiger partial charge on any atom is -0.378 e. The van der Waals surface area contributed by atoms with E-state index in [-0.39, 0.29) is 11.8 Å². The number of amides is 2. The summed E-state index contributed by atoms with van der Waals surface area (Å²) in [4.78, 5) is 32.4. The summed E-state index contributed by atoms with van der Waals surface area (Å²) in [5, 5.41) is 0. The van der Waals surface area contributed by atoms with Crippen molar-refractivity contribution in [1.29, 1.82) is 0 Å². The Morgan fingerprint density at radius 3 is 2.05 bits per heavy atom. The van der Waals surface area contributed by atoms with E-state index in [9.17, 15) is 9.59 Å². The summed E-state index contributed by atoms with van der Waals surface area (Å²) >= 11 is 0. The lowest BCUT2D eigenvalue weighted by Crippen LogP contribution is -2.42. The van der Waals surface area contributed by atoms with Gasteiger partial charge in [-0.2, -0.15) is 0 Å². The largest absolute Gasteiger partial charge is 0.378 e. The normalized spacial score (nSPS) is 19.1. The van der Waals surface area contributed by atoms with Crippen molar-refractivity contribution in [3.63, 3.8) is 0 Å². The van der Waals surface area contributed by atoms with Gasteiger partial charge in [0.25, 0.3) is 11.8 Å². The first-order valence-corrected chi connectivity index (χ1v) is 7.46. The third-order valence-electron chi connectivity index (χ3n) is 3.82. The maximum Gasteiger partial charge on any atom is 0.272 e. The first-order chi connectivity index (χ1) is 10.8. The number of hydrogen-bond donors (Lipinski definition) is 0. The molecular weight excluding hydrogens is 286 g/mol. The predicted octanol–water partition coefficient (Wildman–Crippen LogP) is 0.0264. The Bertz CT molecular complexity index is 506. The van der Waals surface area contributed by atoms with Crippen LogP contribution in [0.5, 0.6) is 0 Å². The molecule has 0 bridgehead atoms. The van der Waals surface area contributed by atoms with Crippen molar-refractivity contribution in [2.75, 3.05) is 52.6 Å². The van der Waals surface area contributed by atoms with E-state index in [0.29, 0.717) is 63.9 Å². The van der Waals surface area contributed by atoms with Gasteiger partial charge in [-0.3, -0.25) is 14.6 Å². The van der Waals surface area contributed by atoms with E-state index in [1.165, 1.54) is 6.20 Å². The standard InChI is InChI=1S/C15H19N3O4/c19-14(17-3-7-21-8-4-17)12-1-2-16-13(11-12)15(20)18-5-9-22-10-6-18/h1-2,11H,3-10H2. The second kappa shape index (κ2) is 6.85. The summed E-state index contributed by atoms with van der Waals surface area (Å²) in [5.74, 6) is -0.235. The first kappa shape index (κ1) is 14.9. The fourth-order valence-electron chi connectivity index (χ4n) is 2.56. The minimum absolute atomic E-state index is 0.0817. The van der Waals surface area contributed by atoms with Crippen LogP contribution in [0.3, 0.4) is 0 Å². The molecule has 22 heavy (non-hydrogen) atoms. The Labute approximate surface area is 128 Å². The highest BCUT2D eigenvalue weighted by molar-refractivity contribution is 5.98.